The maximum atomic E-state index is 14.1. The Hall–Kier alpha value is -4.18. The molecule has 4 aromatic carbocycles. The molecule has 0 aliphatic carbocycles. The van der Waals surface area contributed by atoms with Gasteiger partial charge in [0.2, 0.25) is 21.8 Å². The number of sulfonamides is 1. The van der Waals surface area contributed by atoms with Crippen molar-refractivity contribution < 1.29 is 22.7 Å². The highest BCUT2D eigenvalue weighted by molar-refractivity contribution is 7.88. The van der Waals surface area contributed by atoms with Gasteiger partial charge in [0.25, 0.3) is 0 Å². The van der Waals surface area contributed by atoms with Crippen LogP contribution in [0.25, 0.3) is 0 Å². The number of carbonyl (C=O) groups is 2. The van der Waals surface area contributed by atoms with Gasteiger partial charge in [-0.05, 0) is 46.5 Å². The van der Waals surface area contributed by atoms with Crippen LogP contribution in [-0.4, -0.2) is 49.3 Å². The number of hydrogen-bond donors (Lipinski definition) is 1. The van der Waals surface area contributed by atoms with Gasteiger partial charge in [-0.3, -0.25) is 9.59 Å². The van der Waals surface area contributed by atoms with Gasteiger partial charge in [0.05, 0.1) is 19.9 Å². The lowest BCUT2D eigenvalue weighted by atomic mass is 10.0. The lowest BCUT2D eigenvalue weighted by molar-refractivity contribution is -0.141. The van der Waals surface area contributed by atoms with Crippen molar-refractivity contribution in [1.29, 1.82) is 0 Å². The summed E-state index contributed by atoms with van der Waals surface area (Å²) in [7, 11) is -2.19. The van der Waals surface area contributed by atoms with Crippen molar-refractivity contribution in [3.63, 3.8) is 0 Å². The summed E-state index contributed by atoms with van der Waals surface area (Å²) in [6.45, 7) is -0.163. The maximum absolute atomic E-state index is 14.1. The summed E-state index contributed by atoms with van der Waals surface area (Å²) in [5.74, 6) is -0.231. The molecule has 0 unspecified atom stereocenters. The molecule has 0 saturated carbocycles. The van der Waals surface area contributed by atoms with E-state index in [1.54, 1.807) is 79.9 Å². The Morgan fingerprint density at radius 1 is 0.791 bits per heavy atom. The summed E-state index contributed by atoms with van der Waals surface area (Å²) >= 11 is 6.11. The van der Waals surface area contributed by atoms with E-state index in [4.69, 9.17) is 16.3 Å². The van der Waals surface area contributed by atoms with Crippen LogP contribution in [0.5, 0.6) is 5.75 Å². The molecule has 1 atom stereocenters. The summed E-state index contributed by atoms with van der Waals surface area (Å²) < 4.78 is 32.0. The third-order valence-electron chi connectivity index (χ3n) is 6.87. The third kappa shape index (κ3) is 9.15. The molecule has 4 rings (SSSR count). The number of rotatable bonds is 13. The first-order valence-corrected chi connectivity index (χ1v) is 15.8. The molecular formula is C33H34ClN3O5S. The van der Waals surface area contributed by atoms with Crippen molar-refractivity contribution in [2.45, 2.75) is 25.7 Å². The Balaban J connectivity index is 1.68. The van der Waals surface area contributed by atoms with Crippen molar-refractivity contribution in [3.05, 3.63) is 136 Å². The van der Waals surface area contributed by atoms with Crippen LogP contribution in [0.1, 0.15) is 28.3 Å². The van der Waals surface area contributed by atoms with Crippen LogP contribution in [0, 0.1) is 0 Å². The Labute approximate surface area is 257 Å². The summed E-state index contributed by atoms with van der Waals surface area (Å²) in [6.07, 6.45) is 1.07. The Morgan fingerprint density at radius 3 is 1.93 bits per heavy atom. The molecule has 4 aromatic rings. The van der Waals surface area contributed by atoms with Crippen LogP contribution in [0.2, 0.25) is 5.02 Å². The predicted octanol–water partition coefficient (Wildman–Crippen LogP) is 5.20. The minimum absolute atomic E-state index is 0.0138. The molecule has 10 heteroatoms. The first-order valence-electron chi connectivity index (χ1n) is 13.6. The molecule has 0 aliphatic heterocycles. The van der Waals surface area contributed by atoms with Gasteiger partial charge in [-0.25, -0.2) is 8.42 Å². The van der Waals surface area contributed by atoms with Gasteiger partial charge in [-0.2, -0.15) is 4.31 Å². The summed E-state index contributed by atoms with van der Waals surface area (Å²) in [4.78, 5) is 29.5. The molecule has 0 radical (unpaired) electrons. The highest BCUT2D eigenvalue weighted by atomic mass is 35.5. The first kappa shape index (κ1) is 31.7. The van der Waals surface area contributed by atoms with Crippen LogP contribution in [0.15, 0.2) is 109 Å². The number of halogens is 1. The SMILES string of the molecule is COc1ccc(CNC(=O)[C@@H](c2ccccc2)N(Cc2ccc(Cl)cc2)C(=O)CN(Cc2ccccc2)S(C)(=O)=O)cc1. The quantitative estimate of drug-likeness (QED) is 0.222. The van der Waals surface area contributed by atoms with E-state index in [2.05, 4.69) is 5.32 Å². The van der Waals surface area contributed by atoms with Gasteiger partial charge in [-0.1, -0.05) is 96.5 Å². The van der Waals surface area contributed by atoms with Crippen molar-refractivity contribution in [3.8, 4) is 5.75 Å². The van der Waals surface area contributed by atoms with E-state index in [9.17, 15) is 18.0 Å². The van der Waals surface area contributed by atoms with Crippen molar-refractivity contribution in [2.75, 3.05) is 19.9 Å². The van der Waals surface area contributed by atoms with Gasteiger partial charge in [0.15, 0.2) is 0 Å². The second kappa shape index (κ2) is 14.8. The Morgan fingerprint density at radius 2 is 1.35 bits per heavy atom. The highest BCUT2D eigenvalue weighted by Crippen LogP contribution is 2.26. The molecule has 2 amide bonds. The van der Waals surface area contributed by atoms with E-state index in [1.165, 1.54) is 4.90 Å². The van der Waals surface area contributed by atoms with Crippen LogP contribution in [-0.2, 0) is 39.2 Å². The molecule has 1 N–H and O–H groups in total. The van der Waals surface area contributed by atoms with E-state index in [1.807, 2.05) is 36.4 Å². The van der Waals surface area contributed by atoms with Crippen LogP contribution in [0.4, 0.5) is 0 Å². The molecule has 43 heavy (non-hydrogen) atoms. The molecule has 0 bridgehead atoms. The lowest BCUT2D eigenvalue weighted by Gasteiger charge is -2.33. The number of nitrogens with one attached hydrogen (secondary N) is 1. The fourth-order valence-corrected chi connectivity index (χ4v) is 5.42. The predicted molar refractivity (Wildman–Crippen MR) is 168 cm³/mol. The van der Waals surface area contributed by atoms with Crippen LogP contribution in [0.3, 0.4) is 0 Å². The van der Waals surface area contributed by atoms with E-state index in [0.29, 0.717) is 16.3 Å². The molecule has 0 heterocycles. The number of ether oxygens (including phenoxy) is 1. The van der Waals surface area contributed by atoms with Gasteiger partial charge in [-0.15, -0.1) is 0 Å². The molecule has 8 nitrogen and oxygen atoms in total. The van der Waals surface area contributed by atoms with Gasteiger partial charge in [0, 0.05) is 24.7 Å². The number of hydrogen-bond acceptors (Lipinski definition) is 5. The average Bonchev–Trinajstić information content (AvgIpc) is 3.01. The molecule has 224 valence electrons. The smallest absolute Gasteiger partial charge is 0.247 e. The second-order valence-electron chi connectivity index (χ2n) is 10.0. The zero-order valence-corrected chi connectivity index (χ0v) is 25.6. The van der Waals surface area contributed by atoms with Gasteiger partial charge in [0.1, 0.15) is 11.8 Å². The number of carbonyl (C=O) groups excluding carboxylic acids is 2. The van der Waals surface area contributed by atoms with E-state index in [-0.39, 0.29) is 19.6 Å². The number of nitrogens with zero attached hydrogens (tertiary/aromatic N) is 2. The highest BCUT2D eigenvalue weighted by Gasteiger charge is 2.33. The second-order valence-corrected chi connectivity index (χ2v) is 12.5. The lowest BCUT2D eigenvalue weighted by Crippen LogP contribution is -2.47. The van der Waals surface area contributed by atoms with Crippen molar-refractivity contribution in [1.82, 2.24) is 14.5 Å². The average molecular weight is 620 g/mol. The monoisotopic (exact) mass is 619 g/mol. The van der Waals surface area contributed by atoms with Crippen molar-refractivity contribution >= 4 is 33.4 Å². The molecule has 0 spiro atoms. The molecule has 0 aliphatic rings. The Kier molecular flexibility index (Phi) is 10.9. The number of amides is 2. The van der Waals surface area contributed by atoms with Gasteiger partial charge >= 0.3 is 0 Å². The van der Waals surface area contributed by atoms with E-state index < -0.39 is 34.4 Å². The molecular weight excluding hydrogens is 586 g/mol. The number of methoxy groups -OCH3 is 1. The molecule has 0 fully saturated rings. The maximum Gasteiger partial charge on any atom is 0.247 e. The summed E-state index contributed by atoms with van der Waals surface area (Å²) in [6, 6.07) is 31.2. The molecule has 0 aromatic heterocycles. The van der Waals surface area contributed by atoms with Crippen molar-refractivity contribution in [2.24, 2.45) is 0 Å². The fraction of sp³-hybridized carbons (Fsp3) is 0.212. The van der Waals surface area contributed by atoms with E-state index in [0.717, 1.165) is 27.3 Å². The van der Waals surface area contributed by atoms with Crippen LogP contribution >= 0.6 is 11.6 Å². The normalized spacial score (nSPS) is 12.0. The topological polar surface area (TPSA) is 96.0 Å². The standard InChI is InChI=1S/C33H34ClN3O5S/c1-42-30-19-15-25(16-20-30)21-35-33(39)32(28-11-7-4-8-12-28)37(23-27-13-17-29(34)18-14-27)31(38)24-36(43(2,40)41)22-26-9-5-3-6-10-26/h3-20,32H,21-24H2,1-2H3,(H,35,39)/t32-/m1/s1. The minimum Gasteiger partial charge on any atom is -0.497 e. The van der Waals surface area contributed by atoms with E-state index >= 15 is 0 Å². The zero-order valence-electron chi connectivity index (χ0n) is 24.0. The molecule has 0 saturated heterocycles. The largest absolute Gasteiger partial charge is 0.497 e. The van der Waals surface area contributed by atoms with Gasteiger partial charge < -0.3 is 15.0 Å². The fourth-order valence-electron chi connectivity index (χ4n) is 4.57. The number of benzene rings is 4. The minimum atomic E-state index is -3.78. The summed E-state index contributed by atoms with van der Waals surface area (Å²) in [5, 5.41) is 3.49. The summed E-state index contributed by atoms with van der Waals surface area (Å²) in [5.41, 5.74) is 2.91. The zero-order chi connectivity index (χ0) is 30.8. The van der Waals surface area contributed by atoms with Crippen LogP contribution < -0.4 is 10.1 Å². The third-order valence-corrected chi connectivity index (χ3v) is 8.32. The Bertz CT molecular complexity index is 1600. The first-order chi connectivity index (χ1) is 20.6.